The average molecular weight is 250 g/mol. The molecule has 102 valence electrons. The van der Waals surface area contributed by atoms with Gasteiger partial charge in [0, 0.05) is 31.4 Å². The lowest BCUT2D eigenvalue weighted by Crippen LogP contribution is -2.35. The van der Waals surface area contributed by atoms with E-state index < -0.39 is 0 Å². The number of aromatic nitrogens is 2. The number of hydrogen-bond donors (Lipinski definition) is 1. The maximum atomic E-state index is 4.69. The van der Waals surface area contributed by atoms with Gasteiger partial charge in [-0.2, -0.15) is 5.10 Å². The van der Waals surface area contributed by atoms with Crippen LogP contribution in [0.4, 0.5) is 0 Å². The van der Waals surface area contributed by atoms with Crippen LogP contribution < -0.4 is 5.32 Å². The van der Waals surface area contributed by atoms with E-state index in [1.54, 1.807) is 0 Å². The first-order valence-electron chi connectivity index (χ1n) is 7.18. The third kappa shape index (κ3) is 3.56. The Morgan fingerprint density at radius 1 is 1.56 bits per heavy atom. The van der Waals surface area contributed by atoms with Gasteiger partial charge in [0.15, 0.2) is 0 Å². The first kappa shape index (κ1) is 13.6. The Kier molecular flexibility index (Phi) is 4.78. The van der Waals surface area contributed by atoms with Crippen LogP contribution in [0.3, 0.4) is 0 Å². The van der Waals surface area contributed by atoms with Gasteiger partial charge in [-0.3, -0.25) is 9.58 Å². The van der Waals surface area contributed by atoms with Crippen LogP contribution in [0, 0.1) is 0 Å². The first-order valence-corrected chi connectivity index (χ1v) is 7.18. The summed E-state index contributed by atoms with van der Waals surface area (Å²) in [7, 11) is 0. The molecule has 0 spiro atoms. The summed E-state index contributed by atoms with van der Waals surface area (Å²) in [4.78, 5) is 2.51. The predicted octanol–water partition coefficient (Wildman–Crippen LogP) is 2.04. The summed E-state index contributed by atoms with van der Waals surface area (Å²) in [6.45, 7) is 11.1. The van der Waals surface area contributed by atoms with Gasteiger partial charge in [0.05, 0.1) is 5.69 Å². The molecule has 2 unspecified atom stereocenters. The molecule has 2 atom stereocenters. The Hall–Kier alpha value is -0.870. The largest absolute Gasteiger partial charge is 0.313 e. The molecule has 0 radical (unpaired) electrons. The van der Waals surface area contributed by atoms with Crippen LogP contribution in [-0.4, -0.2) is 40.4 Å². The van der Waals surface area contributed by atoms with Crippen LogP contribution in [0.25, 0.3) is 0 Å². The summed E-state index contributed by atoms with van der Waals surface area (Å²) in [6.07, 6.45) is 4.48. The van der Waals surface area contributed by atoms with Gasteiger partial charge in [0.2, 0.25) is 0 Å². The summed E-state index contributed by atoms with van der Waals surface area (Å²) >= 11 is 0. The van der Waals surface area contributed by atoms with Crippen LogP contribution in [0.5, 0.6) is 0 Å². The van der Waals surface area contributed by atoms with Crippen LogP contribution in [-0.2, 0) is 6.54 Å². The summed E-state index contributed by atoms with van der Waals surface area (Å²) in [5.41, 5.74) is 1.20. The molecular formula is C14H26N4. The second-order valence-electron chi connectivity index (χ2n) is 5.49. The van der Waals surface area contributed by atoms with Crippen molar-refractivity contribution in [3.63, 3.8) is 0 Å². The Morgan fingerprint density at radius 2 is 2.39 bits per heavy atom. The van der Waals surface area contributed by atoms with Crippen molar-refractivity contribution in [2.75, 3.05) is 19.6 Å². The highest BCUT2D eigenvalue weighted by molar-refractivity contribution is 5.00. The van der Waals surface area contributed by atoms with Crippen LogP contribution >= 0.6 is 0 Å². The van der Waals surface area contributed by atoms with Crippen molar-refractivity contribution in [2.45, 2.75) is 52.2 Å². The Labute approximate surface area is 110 Å². The molecule has 4 heteroatoms. The first-order chi connectivity index (χ1) is 8.69. The molecule has 4 nitrogen and oxygen atoms in total. The molecular weight excluding hydrogens is 224 g/mol. The van der Waals surface area contributed by atoms with Crippen molar-refractivity contribution in [1.82, 2.24) is 20.0 Å². The molecule has 2 rings (SSSR count). The maximum absolute atomic E-state index is 4.69. The molecule has 1 saturated heterocycles. The highest BCUT2D eigenvalue weighted by Crippen LogP contribution is 2.11. The van der Waals surface area contributed by atoms with Gasteiger partial charge >= 0.3 is 0 Å². The Bertz CT molecular complexity index is 360. The maximum Gasteiger partial charge on any atom is 0.0764 e. The molecule has 0 aliphatic carbocycles. The molecule has 1 fully saturated rings. The lowest BCUT2D eigenvalue weighted by Gasteiger charge is -2.21. The summed E-state index contributed by atoms with van der Waals surface area (Å²) in [5.74, 6) is 0. The zero-order valence-corrected chi connectivity index (χ0v) is 11.9. The smallest absolute Gasteiger partial charge is 0.0764 e. The van der Waals surface area contributed by atoms with Crippen molar-refractivity contribution < 1.29 is 0 Å². The van der Waals surface area contributed by atoms with E-state index in [0.29, 0.717) is 12.1 Å². The molecule has 1 aromatic rings. The van der Waals surface area contributed by atoms with Gasteiger partial charge in [0.25, 0.3) is 0 Å². The highest BCUT2D eigenvalue weighted by atomic mass is 15.3. The fourth-order valence-electron chi connectivity index (χ4n) is 2.46. The zero-order valence-electron chi connectivity index (χ0n) is 11.9. The van der Waals surface area contributed by atoms with E-state index in [4.69, 9.17) is 0 Å². The summed E-state index contributed by atoms with van der Waals surface area (Å²) < 4.78 is 2.09. The van der Waals surface area contributed by atoms with Gasteiger partial charge in [-0.1, -0.05) is 6.92 Å². The minimum atomic E-state index is 0.503. The number of nitrogens with zero attached hydrogens (tertiary/aromatic N) is 3. The second-order valence-corrected chi connectivity index (χ2v) is 5.49. The summed E-state index contributed by atoms with van der Waals surface area (Å²) in [5, 5.41) is 8.21. The molecule has 0 aromatic carbocycles. The van der Waals surface area contributed by atoms with Crippen LogP contribution in [0.2, 0.25) is 0 Å². The van der Waals surface area contributed by atoms with Gasteiger partial charge in [-0.15, -0.1) is 0 Å². The fourth-order valence-corrected chi connectivity index (χ4v) is 2.46. The SMILES string of the molecule is CCC(C)n1ccc(CN2CCCNC(C)C2)n1. The van der Waals surface area contributed by atoms with E-state index in [0.717, 1.165) is 26.1 Å². The quantitative estimate of drug-likeness (QED) is 0.887. The fraction of sp³-hybridized carbons (Fsp3) is 0.786. The minimum absolute atomic E-state index is 0.503. The van der Waals surface area contributed by atoms with Crippen molar-refractivity contribution in [2.24, 2.45) is 0 Å². The Balaban J connectivity index is 1.93. The van der Waals surface area contributed by atoms with E-state index in [9.17, 15) is 0 Å². The van der Waals surface area contributed by atoms with Crippen LogP contribution in [0.15, 0.2) is 12.3 Å². The molecule has 1 aromatic heterocycles. The standard InChI is InChI=1S/C14H26N4/c1-4-13(3)18-9-6-14(16-18)11-17-8-5-7-15-12(2)10-17/h6,9,12-13,15H,4-5,7-8,10-11H2,1-3H3. The van der Waals surface area contributed by atoms with Gasteiger partial charge in [-0.05, 0) is 45.8 Å². The number of hydrogen-bond acceptors (Lipinski definition) is 3. The van der Waals surface area contributed by atoms with E-state index in [1.807, 2.05) is 0 Å². The summed E-state index contributed by atoms with van der Waals surface area (Å²) in [6, 6.07) is 3.25. The molecule has 0 amide bonds. The zero-order chi connectivity index (χ0) is 13.0. The van der Waals surface area contributed by atoms with E-state index in [1.165, 1.54) is 18.7 Å². The Morgan fingerprint density at radius 3 is 3.17 bits per heavy atom. The van der Waals surface area contributed by atoms with Crippen molar-refractivity contribution in [3.05, 3.63) is 18.0 Å². The molecule has 1 aliphatic heterocycles. The third-order valence-corrected chi connectivity index (χ3v) is 3.77. The number of rotatable bonds is 4. The molecule has 18 heavy (non-hydrogen) atoms. The lowest BCUT2D eigenvalue weighted by molar-refractivity contribution is 0.260. The van der Waals surface area contributed by atoms with E-state index in [-0.39, 0.29) is 0 Å². The normalized spacial score (nSPS) is 23.8. The molecule has 0 bridgehead atoms. The highest BCUT2D eigenvalue weighted by Gasteiger charge is 2.15. The van der Waals surface area contributed by atoms with E-state index in [2.05, 4.69) is 53.0 Å². The molecule has 1 N–H and O–H groups in total. The number of nitrogens with one attached hydrogen (secondary N) is 1. The molecule has 2 heterocycles. The van der Waals surface area contributed by atoms with E-state index >= 15 is 0 Å². The average Bonchev–Trinajstić information content (AvgIpc) is 2.72. The molecule has 1 aliphatic rings. The van der Waals surface area contributed by atoms with Gasteiger partial charge in [0.1, 0.15) is 0 Å². The second kappa shape index (κ2) is 6.34. The van der Waals surface area contributed by atoms with Gasteiger partial charge in [-0.25, -0.2) is 0 Å². The predicted molar refractivity (Wildman–Crippen MR) is 74.6 cm³/mol. The molecule has 0 saturated carbocycles. The van der Waals surface area contributed by atoms with Gasteiger partial charge < -0.3 is 5.32 Å². The van der Waals surface area contributed by atoms with Crippen molar-refractivity contribution >= 4 is 0 Å². The monoisotopic (exact) mass is 250 g/mol. The topological polar surface area (TPSA) is 33.1 Å². The third-order valence-electron chi connectivity index (χ3n) is 3.77. The van der Waals surface area contributed by atoms with Crippen LogP contribution in [0.1, 0.15) is 45.3 Å². The van der Waals surface area contributed by atoms with Crippen molar-refractivity contribution in [3.8, 4) is 0 Å². The van der Waals surface area contributed by atoms with Crippen molar-refractivity contribution in [1.29, 1.82) is 0 Å². The minimum Gasteiger partial charge on any atom is -0.313 e. The lowest BCUT2D eigenvalue weighted by atomic mass is 10.3.